The predicted molar refractivity (Wildman–Crippen MR) is 224 cm³/mol. The van der Waals surface area contributed by atoms with Crippen molar-refractivity contribution in [1.82, 2.24) is 0 Å². The minimum Gasteiger partial charge on any atom is -0.462 e. The van der Waals surface area contributed by atoms with Crippen LogP contribution in [0.2, 0.25) is 0 Å². The van der Waals surface area contributed by atoms with E-state index in [1.165, 1.54) is 89.9 Å². The number of phosphoric ester groups is 1. The number of allylic oxidation sites excluding steroid dienone is 8. The number of rotatable bonds is 40. The molecule has 0 spiro atoms. The van der Waals surface area contributed by atoms with Gasteiger partial charge in [0.15, 0.2) is 6.10 Å². The van der Waals surface area contributed by atoms with Gasteiger partial charge < -0.3 is 24.6 Å². The SMILES string of the molecule is CCCCC/C=C\C/C=C\C/C=C\C/C=C\CCCC(=O)OC[C@H](COP(=O)(O)OC[C@@H](O)CO)OC(=O)CCCCCCCCCCCCCCCCC. The molecule has 0 saturated carbocycles. The lowest BCUT2D eigenvalue weighted by atomic mass is 10.0. The number of aliphatic hydroxyl groups is 2. The highest BCUT2D eigenvalue weighted by Gasteiger charge is 2.27. The van der Waals surface area contributed by atoms with Crippen LogP contribution in [0, 0.1) is 0 Å². The third-order valence-corrected chi connectivity index (χ3v) is 9.94. The van der Waals surface area contributed by atoms with Crippen LogP contribution in [0.25, 0.3) is 0 Å². The molecule has 0 rings (SSSR count). The maximum absolute atomic E-state index is 12.6. The summed E-state index contributed by atoms with van der Waals surface area (Å²) in [6, 6.07) is 0. The summed E-state index contributed by atoms with van der Waals surface area (Å²) in [5.41, 5.74) is 0. The van der Waals surface area contributed by atoms with Crippen molar-refractivity contribution in [3.8, 4) is 0 Å². The number of unbranched alkanes of at least 4 members (excludes halogenated alkanes) is 18. The second-order valence-corrected chi connectivity index (χ2v) is 15.8. The summed E-state index contributed by atoms with van der Waals surface area (Å²) in [4.78, 5) is 34.9. The fourth-order valence-corrected chi connectivity index (χ4v) is 6.42. The largest absolute Gasteiger partial charge is 0.472 e. The van der Waals surface area contributed by atoms with Crippen molar-refractivity contribution in [2.24, 2.45) is 0 Å². The van der Waals surface area contributed by atoms with Crippen molar-refractivity contribution in [3.05, 3.63) is 48.6 Å². The van der Waals surface area contributed by atoms with E-state index in [1.54, 1.807) is 0 Å². The van der Waals surface area contributed by atoms with Crippen LogP contribution in [0.15, 0.2) is 48.6 Å². The van der Waals surface area contributed by atoms with Crippen molar-refractivity contribution < 1.29 is 47.8 Å². The molecule has 11 heteroatoms. The number of carbonyl (C=O) groups is 2. The molecule has 0 heterocycles. The van der Waals surface area contributed by atoms with Crippen molar-refractivity contribution in [1.29, 1.82) is 0 Å². The predicted octanol–water partition coefficient (Wildman–Crippen LogP) is 11.3. The molecule has 0 aromatic rings. The summed E-state index contributed by atoms with van der Waals surface area (Å²) in [5, 5.41) is 18.3. The van der Waals surface area contributed by atoms with Gasteiger partial charge in [0.2, 0.25) is 0 Å². The maximum atomic E-state index is 12.6. The van der Waals surface area contributed by atoms with E-state index in [4.69, 9.17) is 19.1 Å². The molecule has 10 nitrogen and oxygen atoms in total. The van der Waals surface area contributed by atoms with E-state index < -0.39 is 51.8 Å². The Morgan fingerprint density at radius 1 is 0.545 bits per heavy atom. The highest BCUT2D eigenvalue weighted by Crippen LogP contribution is 2.43. The van der Waals surface area contributed by atoms with Crippen LogP contribution >= 0.6 is 7.82 Å². The molecule has 0 saturated heterocycles. The molecule has 0 amide bonds. The number of aliphatic hydroxyl groups excluding tert-OH is 2. The zero-order valence-corrected chi connectivity index (χ0v) is 35.5. The van der Waals surface area contributed by atoms with E-state index >= 15 is 0 Å². The minimum absolute atomic E-state index is 0.166. The summed E-state index contributed by atoms with van der Waals surface area (Å²) in [6.07, 6.45) is 42.2. The average Bonchev–Trinajstić information content (AvgIpc) is 3.17. The molecule has 1 unspecified atom stereocenters. The van der Waals surface area contributed by atoms with Gasteiger partial charge in [-0.25, -0.2) is 4.57 Å². The van der Waals surface area contributed by atoms with Crippen molar-refractivity contribution in [3.63, 3.8) is 0 Å². The highest BCUT2D eigenvalue weighted by molar-refractivity contribution is 7.47. The average molecular weight is 799 g/mol. The molecular weight excluding hydrogens is 719 g/mol. The Labute approximate surface area is 334 Å². The summed E-state index contributed by atoms with van der Waals surface area (Å²) in [7, 11) is -4.63. The molecule has 0 aromatic heterocycles. The molecule has 0 aliphatic heterocycles. The zero-order valence-electron chi connectivity index (χ0n) is 34.6. The van der Waals surface area contributed by atoms with Crippen LogP contribution in [-0.4, -0.2) is 65.7 Å². The van der Waals surface area contributed by atoms with Gasteiger partial charge in [0.1, 0.15) is 12.7 Å². The standard InChI is InChI=1S/C44H79O10P/c1-3-5-7-9-11-13-15-17-19-20-22-23-25-27-29-31-33-35-43(47)51-39-42(40-53-55(49,50)52-38-41(46)37-45)54-44(48)36-34-32-30-28-26-24-21-18-16-14-12-10-8-6-4-2/h11,13,17,19,22-23,27,29,41-42,45-46H,3-10,12,14-16,18,20-21,24-26,28,30-40H2,1-2H3,(H,49,50)/b13-11-,19-17-,23-22-,29-27-/t41-,42+/m0/s1. The molecule has 0 aliphatic carbocycles. The van der Waals surface area contributed by atoms with Gasteiger partial charge in [0.05, 0.1) is 19.8 Å². The molecule has 3 atom stereocenters. The molecule has 0 aliphatic rings. The summed E-state index contributed by atoms with van der Waals surface area (Å²) in [5.74, 6) is -0.988. The zero-order chi connectivity index (χ0) is 40.5. The molecular formula is C44H79O10P. The van der Waals surface area contributed by atoms with Gasteiger partial charge in [-0.2, -0.15) is 0 Å². The van der Waals surface area contributed by atoms with Crippen molar-refractivity contribution in [2.45, 2.75) is 193 Å². The quantitative estimate of drug-likeness (QED) is 0.0237. The van der Waals surface area contributed by atoms with Gasteiger partial charge in [0, 0.05) is 12.8 Å². The van der Waals surface area contributed by atoms with Gasteiger partial charge in [-0.05, 0) is 51.4 Å². The fraction of sp³-hybridized carbons (Fsp3) is 0.773. The Morgan fingerprint density at radius 3 is 1.47 bits per heavy atom. The van der Waals surface area contributed by atoms with E-state index in [2.05, 4.69) is 60.9 Å². The third kappa shape index (κ3) is 39.9. The lowest BCUT2D eigenvalue weighted by Crippen LogP contribution is -2.29. The van der Waals surface area contributed by atoms with Gasteiger partial charge in [0.25, 0.3) is 0 Å². The third-order valence-electron chi connectivity index (χ3n) is 8.99. The van der Waals surface area contributed by atoms with Crippen molar-refractivity contribution in [2.75, 3.05) is 26.4 Å². The topological polar surface area (TPSA) is 149 Å². The van der Waals surface area contributed by atoms with Gasteiger partial charge in [-0.15, -0.1) is 0 Å². The van der Waals surface area contributed by atoms with E-state index in [-0.39, 0.29) is 19.4 Å². The smallest absolute Gasteiger partial charge is 0.462 e. The first-order valence-electron chi connectivity index (χ1n) is 21.6. The first-order chi connectivity index (χ1) is 26.7. The number of phosphoric acid groups is 1. The Hall–Kier alpha value is -2.07. The van der Waals surface area contributed by atoms with E-state index in [0.29, 0.717) is 19.3 Å². The maximum Gasteiger partial charge on any atom is 0.472 e. The van der Waals surface area contributed by atoms with Gasteiger partial charge >= 0.3 is 19.8 Å². The Morgan fingerprint density at radius 2 is 0.964 bits per heavy atom. The van der Waals surface area contributed by atoms with E-state index in [9.17, 15) is 24.2 Å². The molecule has 55 heavy (non-hydrogen) atoms. The van der Waals surface area contributed by atoms with Crippen LogP contribution in [0.3, 0.4) is 0 Å². The lowest BCUT2D eigenvalue weighted by Gasteiger charge is -2.20. The fourth-order valence-electron chi connectivity index (χ4n) is 5.63. The van der Waals surface area contributed by atoms with E-state index in [0.717, 1.165) is 44.9 Å². The molecule has 0 radical (unpaired) electrons. The second kappa shape index (κ2) is 40.1. The summed E-state index contributed by atoms with van der Waals surface area (Å²) < 4.78 is 32.6. The first-order valence-corrected chi connectivity index (χ1v) is 23.1. The van der Waals surface area contributed by atoms with Crippen molar-refractivity contribution >= 4 is 19.8 Å². The van der Waals surface area contributed by atoms with Crippen LogP contribution in [0.5, 0.6) is 0 Å². The number of carbonyl (C=O) groups excluding carboxylic acids is 2. The van der Waals surface area contributed by atoms with Crippen LogP contribution < -0.4 is 0 Å². The van der Waals surface area contributed by atoms with Crippen LogP contribution in [0.1, 0.15) is 181 Å². The van der Waals surface area contributed by atoms with Crippen LogP contribution in [-0.2, 0) is 32.7 Å². The second-order valence-electron chi connectivity index (χ2n) is 14.4. The molecule has 320 valence electrons. The number of hydrogen-bond acceptors (Lipinski definition) is 9. The van der Waals surface area contributed by atoms with Gasteiger partial charge in [-0.3, -0.25) is 18.6 Å². The molecule has 0 aromatic carbocycles. The number of esters is 2. The number of hydrogen-bond donors (Lipinski definition) is 3. The molecule has 0 fully saturated rings. The Balaban J connectivity index is 4.39. The Bertz CT molecular complexity index is 1060. The number of ether oxygens (including phenoxy) is 2. The Kier molecular flexibility index (Phi) is 38.6. The van der Waals surface area contributed by atoms with Crippen LogP contribution in [0.4, 0.5) is 0 Å². The lowest BCUT2D eigenvalue weighted by molar-refractivity contribution is -0.161. The molecule has 3 N–H and O–H groups in total. The summed E-state index contributed by atoms with van der Waals surface area (Å²) >= 11 is 0. The highest BCUT2D eigenvalue weighted by atomic mass is 31.2. The minimum atomic E-state index is -4.63. The van der Waals surface area contributed by atoms with E-state index in [1.807, 2.05) is 6.08 Å². The molecule has 0 bridgehead atoms. The first kappa shape index (κ1) is 52.9. The normalized spacial score (nSPS) is 14.3. The van der Waals surface area contributed by atoms with Gasteiger partial charge in [-0.1, -0.05) is 165 Å². The summed E-state index contributed by atoms with van der Waals surface area (Å²) in [6.45, 7) is 2.29. The monoisotopic (exact) mass is 799 g/mol.